The van der Waals surface area contributed by atoms with Gasteiger partial charge in [-0.25, -0.2) is 0 Å². The van der Waals surface area contributed by atoms with Crippen LogP contribution < -0.4 is 0 Å². The summed E-state index contributed by atoms with van der Waals surface area (Å²) in [6.07, 6.45) is 3.91. The first-order valence-electron chi connectivity index (χ1n) is 8.47. The first kappa shape index (κ1) is 19.3. The van der Waals surface area contributed by atoms with E-state index in [-0.39, 0.29) is 17.3 Å². The van der Waals surface area contributed by atoms with Crippen molar-refractivity contribution in [2.75, 3.05) is 0 Å². The van der Waals surface area contributed by atoms with E-state index in [1.807, 2.05) is 36.4 Å². The molecule has 0 radical (unpaired) electrons. The second-order valence-corrected chi connectivity index (χ2v) is 6.20. The molecule has 0 N–H and O–H groups in total. The van der Waals surface area contributed by atoms with Crippen molar-refractivity contribution in [2.45, 2.75) is 27.2 Å². The molecule has 2 aromatic rings. The molecule has 0 unspecified atom stereocenters. The zero-order valence-electron chi connectivity index (χ0n) is 15.3. The average Bonchev–Trinajstić information content (AvgIpc) is 2.64. The molecule has 0 bridgehead atoms. The molecule has 0 aromatic heterocycles. The standard InChI is InChI=1S/C23H22O3/c1-16(17(2)24)14-21(18(3)25)13-12-19-8-7-11-22(15-19)23(26)20-9-5-4-6-10-20/h4-11,13-15H,12H2,1-3H3. The van der Waals surface area contributed by atoms with Crippen molar-refractivity contribution >= 4 is 17.3 Å². The summed E-state index contributed by atoms with van der Waals surface area (Å²) >= 11 is 0. The van der Waals surface area contributed by atoms with Crippen LogP contribution in [0.3, 0.4) is 0 Å². The molecule has 132 valence electrons. The van der Waals surface area contributed by atoms with Crippen molar-refractivity contribution in [2.24, 2.45) is 0 Å². The molecule has 0 aliphatic heterocycles. The Morgan fingerprint density at radius 1 is 0.808 bits per heavy atom. The predicted octanol–water partition coefficient (Wildman–Crippen LogP) is 4.51. The number of hydrogen-bond donors (Lipinski definition) is 0. The zero-order chi connectivity index (χ0) is 19.1. The van der Waals surface area contributed by atoms with Crippen molar-refractivity contribution in [3.8, 4) is 0 Å². The van der Waals surface area contributed by atoms with Crippen LogP contribution in [0.25, 0.3) is 0 Å². The van der Waals surface area contributed by atoms with Crippen LogP contribution >= 0.6 is 0 Å². The maximum absolute atomic E-state index is 12.5. The summed E-state index contributed by atoms with van der Waals surface area (Å²) in [6.45, 7) is 4.64. The van der Waals surface area contributed by atoms with Crippen LogP contribution in [-0.2, 0) is 16.0 Å². The molecule has 3 heteroatoms. The van der Waals surface area contributed by atoms with Gasteiger partial charge in [-0.3, -0.25) is 14.4 Å². The Morgan fingerprint density at radius 3 is 2.08 bits per heavy atom. The minimum absolute atomic E-state index is 0.0319. The van der Waals surface area contributed by atoms with Crippen molar-refractivity contribution in [3.05, 3.63) is 94.6 Å². The van der Waals surface area contributed by atoms with Gasteiger partial charge in [-0.05, 0) is 50.5 Å². The smallest absolute Gasteiger partial charge is 0.193 e. The monoisotopic (exact) mass is 346 g/mol. The third kappa shape index (κ3) is 5.21. The molecule has 0 amide bonds. The second-order valence-electron chi connectivity index (χ2n) is 6.20. The molecule has 0 spiro atoms. The number of hydrogen-bond acceptors (Lipinski definition) is 3. The summed E-state index contributed by atoms with van der Waals surface area (Å²) < 4.78 is 0. The van der Waals surface area contributed by atoms with Crippen LogP contribution in [0.2, 0.25) is 0 Å². The minimum atomic E-state index is -0.0953. The Hall–Kier alpha value is -3.07. The molecule has 0 saturated heterocycles. The summed E-state index contributed by atoms with van der Waals surface area (Å²) in [5, 5.41) is 0. The summed E-state index contributed by atoms with van der Waals surface area (Å²) in [5.41, 5.74) is 3.22. The van der Waals surface area contributed by atoms with E-state index < -0.39 is 0 Å². The summed E-state index contributed by atoms with van der Waals surface area (Å²) in [7, 11) is 0. The molecular weight excluding hydrogens is 324 g/mol. The number of Topliss-reactive ketones (excluding diaryl/α,β-unsaturated/α-hetero) is 2. The third-order valence-electron chi connectivity index (χ3n) is 4.12. The molecule has 0 heterocycles. The molecule has 0 atom stereocenters. The largest absolute Gasteiger partial charge is 0.295 e. The molecule has 3 nitrogen and oxygen atoms in total. The lowest BCUT2D eigenvalue weighted by atomic mass is 9.99. The van der Waals surface area contributed by atoms with E-state index in [4.69, 9.17) is 0 Å². The fraction of sp³-hybridized carbons (Fsp3) is 0.174. The van der Waals surface area contributed by atoms with Gasteiger partial charge in [0.05, 0.1) is 0 Å². The van der Waals surface area contributed by atoms with E-state index in [9.17, 15) is 14.4 Å². The Labute approximate surface area is 154 Å². The van der Waals surface area contributed by atoms with E-state index in [1.165, 1.54) is 13.8 Å². The molecule has 0 saturated carbocycles. The highest BCUT2D eigenvalue weighted by molar-refractivity contribution is 6.09. The van der Waals surface area contributed by atoms with Crippen LogP contribution in [0.15, 0.2) is 77.9 Å². The van der Waals surface area contributed by atoms with Crippen molar-refractivity contribution in [1.82, 2.24) is 0 Å². The number of ketones is 3. The first-order chi connectivity index (χ1) is 12.4. The van der Waals surface area contributed by atoms with Crippen LogP contribution in [0.5, 0.6) is 0 Å². The van der Waals surface area contributed by atoms with E-state index in [0.29, 0.717) is 28.7 Å². The van der Waals surface area contributed by atoms with Gasteiger partial charge in [0.15, 0.2) is 17.3 Å². The summed E-state index contributed by atoms with van der Waals surface area (Å²) in [6, 6.07) is 16.5. The number of allylic oxidation sites excluding steroid dienone is 4. The van der Waals surface area contributed by atoms with Gasteiger partial charge in [0.1, 0.15) is 0 Å². The normalized spacial score (nSPS) is 12.0. The number of benzene rings is 2. The van der Waals surface area contributed by atoms with Gasteiger partial charge in [-0.1, -0.05) is 54.6 Å². The van der Waals surface area contributed by atoms with Crippen molar-refractivity contribution in [3.63, 3.8) is 0 Å². The summed E-state index contributed by atoms with van der Waals surface area (Å²) in [4.78, 5) is 35.7. The molecular formula is C23H22O3. The third-order valence-corrected chi connectivity index (χ3v) is 4.12. The highest BCUT2D eigenvalue weighted by atomic mass is 16.1. The van der Waals surface area contributed by atoms with Gasteiger partial charge in [0.2, 0.25) is 0 Å². The van der Waals surface area contributed by atoms with Gasteiger partial charge in [-0.15, -0.1) is 0 Å². The second kappa shape index (κ2) is 8.86. The Balaban J connectivity index is 2.25. The van der Waals surface area contributed by atoms with E-state index in [0.717, 1.165) is 5.56 Å². The topological polar surface area (TPSA) is 51.2 Å². The minimum Gasteiger partial charge on any atom is -0.295 e. The maximum atomic E-state index is 12.5. The SMILES string of the molecule is CC(=O)C(C)=CC(=CCc1cccc(C(=O)c2ccccc2)c1)C(C)=O. The Kier molecular flexibility index (Phi) is 6.56. The van der Waals surface area contributed by atoms with Crippen LogP contribution in [0, 0.1) is 0 Å². The lowest BCUT2D eigenvalue weighted by molar-refractivity contribution is -0.113. The molecule has 26 heavy (non-hydrogen) atoms. The molecule has 0 aliphatic carbocycles. The van der Waals surface area contributed by atoms with Crippen LogP contribution in [-0.4, -0.2) is 17.3 Å². The Bertz CT molecular complexity index is 887. The summed E-state index contributed by atoms with van der Waals surface area (Å²) in [5.74, 6) is -0.190. The molecule has 2 rings (SSSR count). The van der Waals surface area contributed by atoms with Crippen LogP contribution in [0.4, 0.5) is 0 Å². The van der Waals surface area contributed by atoms with Gasteiger partial charge < -0.3 is 0 Å². The van der Waals surface area contributed by atoms with Gasteiger partial charge in [0, 0.05) is 16.7 Å². The molecule has 0 fully saturated rings. The van der Waals surface area contributed by atoms with Crippen molar-refractivity contribution < 1.29 is 14.4 Å². The quantitative estimate of drug-likeness (QED) is 0.421. The molecule has 2 aromatic carbocycles. The number of carbonyl (C=O) groups excluding carboxylic acids is 3. The number of carbonyl (C=O) groups is 3. The van der Waals surface area contributed by atoms with E-state index >= 15 is 0 Å². The zero-order valence-corrected chi connectivity index (χ0v) is 15.3. The predicted molar refractivity (Wildman–Crippen MR) is 103 cm³/mol. The lowest BCUT2D eigenvalue weighted by Crippen LogP contribution is -2.02. The van der Waals surface area contributed by atoms with E-state index in [2.05, 4.69) is 0 Å². The average molecular weight is 346 g/mol. The van der Waals surface area contributed by atoms with Gasteiger partial charge in [-0.2, -0.15) is 0 Å². The van der Waals surface area contributed by atoms with Crippen LogP contribution in [0.1, 0.15) is 42.3 Å². The Morgan fingerprint density at radius 2 is 1.46 bits per heavy atom. The first-order valence-corrected chi connectivity index (χ1v) is 8.47. The van der Waals surface area contributed by atoms with Gasteiger partial charge >= 0.3 is 0 Å². The van der Waals surface area contributed by atoms with E-state index in [1.54, 1.807) is 37.3 Å². The highest BCUT2D eigenvalue weighted by Gasteiger charge is 2.09. The fourth-order valence-electron chi connectivity index (χ4n) is 2.46. The van der Waals surface area contributed by atoms with Gasteiger partial charge in [0.25, 0.3) is 0 Å². The fourth-order valence-corrected chi connectivity index (χ4v) is 2.46. The highest BCUT2D eigenvalue weighted by Crippen LogP contribution is 2.14. The van der Waals surface area contributed by atoms with Crippen molar-refractivity contribution in [1.29, 1.82) is 0 Å². The maximum Gasteiger partial charge on any atom is 0.193 e. The molecule has 0 aliphatic rings. The lowest BCUT2D eigenvalue weighted by Gasteiger charge is -2.05. The number of rotatable bonds is 7.